The summed E-state index contributed by atoms with van der Waals surface area (Å²) in [4.78, 5) is 19.0. The largest absolute Gasteiger partial charge is 0.478 e. The summed E-state index contributed by atoms with van der Waals surface area (Å²) in [6.45, 7) is 3.32. The summed E-state index contributed by atoms with van der Waals surface area (Å²) < 4.78 is 0. The molecule has 17 heavy (non-hydrogen) atoms. The molecule has 0 fully saturated rings. The molecule has 0 saturated heterocycles. The Morgan fingerprint density at radius 1 is 0.765 bits per heavy atom. The molecule has 0 aliphatic carbocycles. The van der Waals surface area contributed by atoms with Crippen molar-refractivity contribution in [3.05, 3.63) is 24.3 Å². The Hall–Kier alpha value is -1.23. The standard InChI is InChI=1S/2C4H6O2.Co.4H3N/c2*1-2-3-4(5)6;;;;;/h2*2-3H,1H3,(H,5,6);;4*1H3/b2*3-2+;;;;;. The third-order valence-electron chi connectivity index (χ3n) is 0.618. The average molecular weight is 299 g/mol. The number of aliphatic carboxylic acids is 2. The Morgan fingerprint density at radius 2 is 0.941 bits per heavy atom. The molecule has 0 aromatic rings. The van der Waals surface area contributed by atoms with Crippen molar-refractivity contribution < 1.29 is 36.6 Å². The fraction of sp³-hybridized carbons (Fsp3) is 0.250. The molecule has 0 aliphatic heterocycles. The Morgan fingerprint density at radius 3 is 0.941 bits per heavy atom. The maximum atomic E-state index is 9.51. The topological polar surface area (TPSA) is 215 Å². The molecule has 0 spiro atoms. The molecule has 14 N–H and O–H groups in total. The smallest absolute Gasteiger partial charge is 0.327 e. The zero-order valence-corrected chi connectivity index (χ0v) is 11.2. The second-order valence-corrected chi connectivity index (χ2v) is 1.68. The van der Waals surface area contributed by atoms with Crippen LogP contribution in [-0.2, 0) is 26.4 Å². The Balaban J connectivity index is -0.0000000182. The van der Waals surface area contributed by atoms with E-state index >= 15 is 0 Å². The van der Waals surface area contributed by atoms with E-state index in [4.69, 9.17) is 10.2 Å². The fourth-order valence-corrected chi connectivity index (χ4v) is 0.285. The molecule has 0 bridgehead atoms. The molecule has 0 saturated carbocycles. The Bertz CT molecular complexity index is 188. The molecule has 8 nitrogen and oxygen atoms in total. The number of hydrogen-bond acceptors (Lipinski definition) is 6. The molecule has 0 aliphatic rings. The molecule has 0 amide bonds. The summed E-state index contributed by atoms with van der Waals surface area (Å²) in [5.74, 6) is -1.78. The molecular formula is C8H24CoN4O4. The van der Waals surface area contributed by atoms with Gasteiger partial charge in [-0.05, 0) is 13.8 Å². The second-order valence-electron chi connectivity index (χ2n) is 1.68. The molecule has 0 aromatic carbocycles. The molecular weight excluding hydrogens is 275 g/mol. The van der Waals surface area contributed by atoms with Crippen LogP contribution in [0.4, 0.5) is 0 Å². The number of allylic oxidation sites excluding steroid dienone is 2. The zero-order valence-electron chi connectivity index (χ0n) is 10.2. The molecule has 0 rings (SSSR count). The van der Waals surface area contributed by atoms with Gasteiger partial charge in [-0.25, -0.2) is 9.59 Å². The van der Waals surface area contributed by atoms with Gasteiger partial charge in [-0.15, -0.1) is 0 Å². The molecule has 0 unspecified atom stereocenters. The predicted octanol–water partition coefficient (Wildman–Crippen LogP) is 1.94. The third kappa shape index (κ3) is 106. The zero-order chi connectivity index (χ0) is 9.98. The average Bonchev–Trinajstić information content (AvgIpc) is 1.87. The van der Waals surface area contributed by atoms with Gasteiger partial charge in [-0.3, -0.25) is 0 Å². The number of carboxylic acid groups (broad SMARTS) is 2. The van der Waals surface area contributed by atoms with Gasteiger partial charge in [0, 0.05) is 28.9 Å². The third-order valence-corrected chi connectivity index (χ3v) is 0.618. The van der Waals surface area contributed by atoms with Crippen LogP contribution in [0, 0.1) is 0 Å². The fourth-order valence-electron chi connectivity index (χ4n) is 0.285. The summed E-state index contributed by atoms with van der Waals surface area (Å²) in [6.07, 6.45) is 5.12. The second kappa shape index (κ2) is 36.4. The van der Waals surface area contributed by atoms with Crippen molar-refractivity contribution in [1.82, 2.24) is 24.6 Å². The van der Waals surface area contributed by atoms with Crippen molar-refractivity contribution in [1.29, 1.82) is 0 Å². The van der Waals surface area contributed by atoms with Gasteiger partial charge in [0.25, 0.3) is 0 Å². The van der Waals surface area contributed by atoms with Crippen molar-refractivity contribution in [2.45, 2.75) is 13.8 Å². The summed E-state index contributed by atoms with van der Waals surface area (Å²) in [6, 6.07) is 0. The first-order chi connectivity index (χ1) is 5.54. The van der Waals surface area contributed by atoms with Crippen LogP contribution in [-0.4, -0.2) is 22.2 Å². The van der Waals surface area contributed by atoms with Crippen LogP contribution in [0.3, 0.4) is 0 Å². The number of carboxylic acids is 2. The maximum absolute atomic E-state index is 9.51. The minimum Gasteiger partial charge on any atom is -0.478 e. The van der Waals surface area contributed by atoms with Crippen molar-refractivity contribution in [2.75, 3.05) is 0 Å². The molecule has 0 heterocycles. The molecule has 0 atom stereocenters. The van der Waals surface area contributed by atoms with Gasteiger partial charge < -0.3 is 34.8 Å². The number of hydrogen-bond donors (Lipinski definition) is 6. The van der Waals surface area contributed by atoms with E-state index in [1.807, 2.05) is 0 Å². The van der Waals surface area contributed by atoms with Crippen LogP contribution < -0.4 is 24.6 Å². The molecule has 9 heteroatoms. The Labute approximate surface area is 112 Å². The van der Waals surface area contributed by atoms with E-state index in [9.17, 15) is 9.59 Å². The Kier molecular flexibility index (Phi) is 95.8. The summed E-state index contributed by atoms with van der Waals surface area (Å²) >= 11 is 0. The van der Waals surface area contributed by atoms with Crippen LogP contribution >= 0.6 is 0 Å². The quantitative estimate of drug-likeness (QED) is 0.413. The minimum absolute atomic E-state index is 0. The first-order valence-corrected chi connectivity index (χ1v) is 3.25. The van der Waals surface area contributed by atoms with Gasteiger partial charge in [0.1, 0.15) is 0 Å². The van der Waals surface area contributed by atoms with E-state index in [0.29, 0.717) is 0 Å². The van der Waals surface area contributed by atoms with Crippen molar-refractivity contribution in [3.63, 3.8) is 0 Å². The summed E-state index contributed by atoms with van der Waals surface area (Å²) in [7, 11) is 0. The SMILES string of the molecule is C/C=C/C(=O)O.C/C=C/C(=O)O.N.N.N.N.[Co]. The van der Waals surface area contributed by atoms with E-state index in [1.165, 1.54) is 12.2 Å². The van der Waals surface area contributed by atoms with Crippen molar-refractivity contribution >= 4 is 11.9 Å². The van der Waals surface area contributed by atoms with Gasteiger partial charge >= 0.3 is 11.9 Å². The van der Waals surface area contributed by atoms with Gasteiger partial charge in [0.05, 0.1) is 0 Å². The van der Waals surface area contributed by atoms with Crippen LogP contribution in [0.5, 0.6) is 0 Å². The summed E-state index contributed by atoms with van der Waals surface area (Å²) in [5, 5.41) is 15.7. The monoisotopic (exact) mass is 299 g/mol. The first kappa shape index (κ1) is 44.7. The molecule has 0 aromatic heterocycles. The van der Waals surface area contributed by atoms with E-state index in [2.05, 4.69) is 0 Å². The van der Waals surface area contributed by atoms with Crippen molar-refractivity contribution in [2.24, 2.45) is 0 Å². The van der Waals surface area contributed by atoms with Crippen LogP contribution in [0.15, 0.2) is 24.3 Å². The van der Waals surface area contributed by atoms with Crippen molar-refractivity contribution in [3.8, 4) is 0 Å². The first-order valence-electron chi connectivity index (χ1n) is 3.25. The summed E-state index contributed by atoms with van der Waals surface area (Å²) in [5.41, 5.74) is 0. The predicted molar refractivity (Wildman–Crippen MR) is 65.0 cm³/mol. The molecule has 1 radical (unpaired) electrons. The van der Waals surface area contributed by atoms with Crippen LogP contribution in [0.25, 0.3) is 0 Å². The van der Waals surface area contributed by atoms with E-state index in [-0.39, 0.29) is 41.4 Å². The van der Waals surface area contributed by atoms with Gasteiger partial charge in [-0.2, -0.15) is 0 Å². The van der Waals surface area contributed by atoms with E-state index in [0.717, 1.165) is 12.2 Å². The van der Waals surface area contributed by atoms with E-state index < -0.39 is 11.9 Å². The van der Waals surface area contributed by atoms with Gasteiger partial charge in [0.2, 0.25) is 0 Å². The van der Waals surface area contributed by atoms with Gasteiger partial charge in [0.15, 0.2) is 0 Å². The number of carbonyl (C=O) groups is 2. The minimum atomic E-state index is -0.891. The normalized spacial score (nSPS) is 6.71. The van der Waals surface area contributed by atoms with Crippen LogP contribution in [0.1, 0.15) is 13.8 Å². The molecule has 109 valence electrons. The van der Waals surface area contributed by atoms with Gasteiger partial charge in [-0.1, -0.05) is 12.2 Å². The van der Waals surface area contributed by atoms with E-state index in [1.54, 1.807) is 13.8 Å². The van der Waals surface area contributed by atoms with Crippen LogP contribution in [0.2, 0.25) is 0 Å². The number of rotatable bonds is 2. The maximum Gasteiger partial charge on any atom is 0.327 e.